The number of urea groups is 1. The Hall–Kier alpha value is -2.55. The van der Waals surface area contributed by atoms with Crippen molar-refractivity contribution in [2.24, 2.45) is 5.92 Å². The fraction of sp³-hybridized carbons (Fsp3) is 0.526. The van der Waals surface area contributed by atoms with Crippen molar-refractivity contribution in [2.45, 2.75) is 40.0 Å². The van der Waals surface area contributed by atoms with Crippen LogP contribution in [0.5, 0.6) is 0 Å². The van der Waals surface area contributed by atoms with E-state index in [4.69, 9.17) is 10.00 Å². The highest BCUT2D eigenvalue weighted by molar-refractivity contribution is 5.76. The van der Waals surface area contributed by atoms with Crippen LogP contribution in [0.15, 0.2) is 36.0 Å². The van der Waals surface area contributed by atoms with Crippen LogP contribution in [0.1, 0.15) is 40.0 Å². The van der Waals surface area contributed by atoms with Gasteiger partial charge < -0.3 is 15.4 Å². The topological polar surface area (TPSA) is 91.2 Å². The highest BCUT2D eigenvalue weighted by atomic mass is 16.5. The molecule has 0 saturated heterocycles. The number of nitriles is 1. The first-order valence-electron chi connectivity index (χ1n) is 8.55. The molecule has 25 heavy (non-hydrogen) atoms. The number of rotatable bonds is 11. The number of nitrogens with one attached hydrogen (secondary N) is 2. The third-order valence-corrected chi connectivity index (χ3v) is 3.41. The second kappa shape index (κ2) is 13.8. The molecule has 6 nitrogen and oxygen atoms in total. The maximum atomic E-state index is 11.6. The van der Waals surface area contributed by atoms with Crippen LogP contribution in [0.4, 0.5) is 4.79 Å². The number of carbonyl (C=O) groups is 2. The van der Waals surface area contributed by atoms with E-state index in [2.05, 4.69) is 23.3 Å². The van der Waals surface area contributed by atoms with Gasteiger partial charge in [-0.15, -0.1) is 0 Å². The van der Waals surface area contributed by atoms with E-state index >= 15 is 0 Å². The quantitative estimate of drug-likeness (QED) is 0.260. The molecule has 0 aliphatic rings. The summed E-state index contributed by atoms with van der Waals surface area (Å²) in [6, 6.07) is 1.79. The minimum Gasteiger partial charge on any atom is -0.466 e. The summed E-state index contributed by atoms with van der Waals surface area (Å²) >= 11 is 0. The first-order chi connectivity index (χ1) is 11.9. The van der Waals surface area contributed by atoms with Gasteiger partial charge in [-0.05, 0) is 39.2 Å². The molecule has 0 spiro atoms. The van der Waals surface area contributed by atoms with Gasteiger partial charge in [0.15, 0.2) is 0 Å². The van der Waals surface area contributed by atoms with Crippen LogP contribution in [0.3, 0.4) is 0 Å². The average Bonchev–Trinajstić information content (AvgIpc) is 2.60. The van der Waals surface area contributed by atoms with Gasteiger partial charge >= 0.3 is 12.0 Å². The first kappa shape index (κ1) is 22.4. The summed E-state index contributed by atoms with van der Waals surface area (Å²) in [7, 11) is 0. The molecule has 0 fully saturated rings. The Bertz CT molecular complexity index is 545. The molecule has 0 heterocycles. The molecule has 2 amide bonds. The van der Waals surface area contributed by atoms with Crippen molar-refractivity contribution in [2.75, 3.05) is 19.7 Å². The van der Waals surface area contributed by atoms with Gasteiger partial charge in [-0.1, -0.05) is 31.2 Å². The van der Waals surface area contributed by atoms with Crippen molar-refractivity contribution in [1.82, 2.24) is 10.6 Å². The zero-order chi connectivity index (χ0) is 19.1. The second-order valence-corrected chi connectivity index (χ2v) is 5.59. The van der Waals surface area contributed by atoms with Crippen LogP contribution in [0.25, 0.3) is 0 Å². The first-order valence-corrected chi connectivity index (χ1v) is 8.55. The van der Waals surface area contributed by atoms with Gasteiger partial charge in [-0.25, -0.2) is 4.79 Å². The van der Waals surface area contributed by atoms with E-state index in [0.717, 1.165) is 24.8 Å². The molecule has 0 radical (unpaired) electrons. The van der Waals surface area contributed by atoms with E-state index in [1.807, 2.05) is 13.0 Å². The molecule has 1 atom stereocenters. The lowest BCUT2D eigenvalue weighted by molar-refractivity contribution is -0.147. The molecule has 0 aromatic rings. The Morgan fingerprint density at radius 1 is 1.28 bits per heavy atom. The van der Waals surface area contributed by atoms with Gasteiger partial charge in [0.05, 0.1) is 18.6 Å². The van der Waals surface area contributed by atoms with E-state index < -0.39 is 0 Å². The van der Waals surface area contributed by atoms with Crippen molar-refractivity contribution in [3.05, 3.63) is 36.0 Å². The molecule has 0 aliphatic carbocycles. The van der Waals surface area contributed by atoms with E-state index in [-0.39, 0.29) is 24.5 Å². The Labute approximate surface area is 150 Å². The van der Waals surface area contributed by atoms with Crippen molar-refractivity contribution in [3.63, 3.8) is 0 Å². The lowest BCUT2D eigenvalue weighted by Gasteiger charge is -2.12. The zero-order valence-corrected chi connectivity index (χ0v) is 15.4. The highest BCUT2D eigenvalue weighted by Crippen LogP contribution is 2.08. The molecule has 1 unspecified atom stereocenters. The van der Waals surface area contributed by atoms with Crippen molar-refractivity contribution < 1.29 is 14.3 Å². The maximum absolute atomic E-state index is 11.6. The number of amides is 2. The minimum absolute atomic E-state index is 0.248. The van der Waals surface area contributed by atoms with Crippen molar-refractivity contribution in [1.29, 1.82) is 5.26 Å². The molecular weight excluding hydrogens is 318 g/mol. The van der Waals surface area contributed by atoms with Gasteiger partial charge in [0, 0.05) is 18.7 Å². The lowest BCUT2D eigenvalue weighted by Crippen LogP contribution is -2.39. The third-order valence-electron chi connectivity index (χ3n) is 3.41. The lowest BCUT2D eigenvalue weighted by atomic mass is 10.1. The fourth-order valence-corrected chi connectivity index (χ4v) is 1.84. The predicted octanol–water partition coefficient (Wildman–Crippen LogP) is 3.24. The number of allylic oxidation sites excluding steroid dienone is 5. The van der Waals surface area contributed by atoms with E-state index in [0.29, 0.717) is 18.7 Å². The summed E-state index contributed by atoms with van der Waals surface area (Å²) in [6.07, 6.45) is 7.86. The van der Waals surface area contributed by atoms with Crippen molar-refractivity contribution >= 4 is 12.0 Å². The Kier molecular flexibility index (Phi) is 12.4. The van der Waals surface area contributed by atoms with Crippen LogP contribution in [-0.2, 0) is 9.53 Å². The van der Waals surface area contributed by atoms with E-state index in [1.54, 1.807) is 26.0 Å². The monoisotopic (exact) mass is 347 g/mol. The van der Waals surface area contributed by atoms with Crippen LogP contribution < -0.4 is 10.6 Å². The average molecular weight is 347 g/mol. The number of ether oxygens (including phenoxy) is 1. The van der Waals surface area contributed by atoms with Crippen LogP contribution in [0, 0.1) is 17.2 Å². The fourth-order valence-electron chi connectivity index (χ4n) is 1.84. The molecule has 0 bridgehead atoms. The standard InChI is InChI=1S/C19H29N3O3/c1-5-17(13-20)11-10-15(3)9-7-8-12-21-19(24)22-14-16(4)18(23)25-6-2/h5,10-11,16H,3,6-9,12,14H2,1-2,4H3,(H2,21,22,24)/b11-10-,17-5+. The van der Waals surface area contributed by atoms with Crippen LogP contribution in [-0.4, -0.2) is 31.7 Å². The smallest absolute Gasteiger partial charge is 0.314 e. The number of hydrogen-bond acceptors (Lipinski definition) is 4. The maximum Gasteiger partial charge on any atom is 0.314 e. The molecule has 6 heteroatoms. The molecular formula is C19H29N3O3. The highest BCUT2D eigenvalue weighted by Gasteiger charge is 2.14. The molecule has 0 aromatic carbocycles. The molecule has 2 N–H and O–H groups in total. The van der Waals surface area contributed by atoms with Crippen LogP contribution in [0.2, 0.25) is 0 Å². The van der Waals surface area contributed by atoms with Gasteiger partial charge in [-0.3, -0.25) is 4.79 Å². The molecule has 0 saturated carbocycles. The second-order valence-electron chi connectivity index (χ2n) is 5.59. The van der Waals surface area contributed by atoms with Crippen LogP contribution >= 0.6 is 0 Å². The summed E-state index contributed by atoms with van der Waals surface area (Å²) in [4.78, 5) is 23.1. The normalized spacial score (nSPS) is 12.3. The Morgan fingerprint density at radius 3 is 2.60 bits per heavy atom. The van der Waals surface area contributed by atoms with Crippen molar-refractivity contribution in [3.8, 4) is 6.07 Å². The third kappa shape index (κ3) is 11.6. The van der Waals surface area contributed by atoms with E-state index in [9.17, 15) is 9.59 Å². The summed E-state index contributed by atoms with van der Waals surface area (Å²) < 4.78 is 4.87. The zero-order valence-electron chi connectivity index (χ0n) is 15.4. The summed E-state index contributed by atoms with van der Waals surface area (Å²) in [5, 5.41) is 14.2. The SMILES string of the molecule is C=C(/C=C\C(C#N)=C/C)CCCCNC(=O)NCC(C)C(=O)OCC. The predicted molar refractivity (Wildman–Crippen MR) is 98.7 cm³/mol. The van der Waals surface area contributed by atoms with Gasteiger partial charge in [0.2, 0.25) is 0 Å². The summed E-state index contributed by atoms with van der Waals surface area (Å²) in [5.41, 5.74) is 1.55. The molecule has 0 aromatic heterocycles. The number of unbranched alkanes of at least 4 members (excludes halogenated alkanes) is 1. The Balaban J connectivity index is 3.81. The number of carbonyl (C=O) groups excluding carboxylic acids is 2. The molecule has 0 rings (SSSR count). The number of hydrogen-bond donors (Lipinski definition) is 2. The van der Waals surface area contributed by atoms with Gasteiger partial charge in [0.25, 0.3) is 0 Å². The Morgan fingerprint density at radius 2 is 2.00 bits per heavy atom. The van der Waals surface area contributed by atoms with E-state index in [1.165, 1.54) is 0 Å². The number of nitrogens with zero attached hydrogens (tertiary/aromatic N) is 1. The largest absolute Gasteiger partial charge is 0.466 e. The molecule has 138 valence electrons. The molecule has 0 aliphatic heterocycles. The number of esters is 1. The van der Waals surface area contributed by atoms with Gasteiger partial charge in [-0.2, -0.15) is 5.26 Å². The summed E-state index contributed by atoms with van der Waals surface area (Å²) in [5.74, 6) is -0.678. The van der Waals surface area contributed by atoms with Gasteiger partial charge in [0.1, 0.15) is 0 Å². The minimum atomic E-state index is -0.365. The summed E-state index contributed by atoms with van der Waals surface area (Å²) in [6.45, 7) is 10.4.